The smallest absolute Gasteiger partial charge is 0.132 e. The van der Waals surface area contributed by atoms with Gasteiger partial charge in [0.15, 0.2) is 0 Å². The summed E-state index contributed by atoms with van der Waals surface area (Å²) >= 11 is 0. The minimum absolute atomic E-state index is 0.119. The second-order valence-electron chi connectivity index (χ2n) is 15.4. The maximum Gasteiger partial charge on any atom is 0.132 e. The number of benzene rings is 8. The second-order valence-corrected chi connectivity index (χ2v) is 15.4. The van der Waals surface area contributed by atoms with Gasteiger partial charge in [-0.15, -0.1) is 0 Å². The van der Waals surface area contributed by atoms with Crippen molar-refractivity contribution in [2.24, 2.45) is 5.92 Å². The molecular weight excluding hydrogens is 665 g/mol. The highest BCUT2D eigenvalue weighted by atomic mass is 16.5. The first-order chi connectivity index (χ1) is 27.3. The van der Waals surface area contributed by atoms with Crippen LogP contribution in [-0.2, 0) is 10.8 Å². The van der Waals surface area contributed by atoms with Crippen LogP contribution in [0.4, 0.5) is 0 Å². The lowest BCUT2D eigenvalue weighted by atomic mass is 9.59. The van der Waals surface area contributed by atoms with Crippen molar-refractivity contribution in [1.29, 1.82) is 0 Å². The van der Waals surface area contributed by atoms with Crippen molar-refractivity contribution in [1.82, 2.24) is 0 Å². The van der Waals surface area contributed by atoms with E-state index < -0.39 is 10.8 Å². The van der Waals surface area contributed by atoms with Crippen molar-refractivity contribution >= 4 is 10.8 Å². The van der Waals surface area contributed by atoms with Gasteiger partial charge >= 0.3 is 0 Å². The molecule has 0 amide bonds. The van der Waals surface area contributed by atoms with Gasteiger partial charge in [0.05, 0.1) is 10.8 Å². The zero-order chi connectivity index (χ0) is 36.1. The van der Waals surface area contributed by atoms with Crippen molar-refractivity contribution in [2.45, 2.75) is 17.3 Å². The van der Waals surface area contributed by atoms with E-state index in [4.69, 9.17) is 4.74 Å². The molecule has 0 N–H and O–H groups in total. The van der Waals surface area contributed by atoms with Gasteiger partial charge in [0.2, 0.25) is 0 Å². The van der Waals surface area contributed by atoms with Crippen LogP contribution < -0.4 is 4.74 Å². The topological polar surface area (TPSA) is 9.23 Å². The number of allylic oxidation sites excluding steroid dienone is 4. The molecule has 12 rings (SSSR count). The summed E-state index contributed by atoms with van der Waals surface area (Å²) in [6, 6.07) is 68.1. The van der Waals surface area contributed by atoms with E-state index in [2.05, 4.69) is 200 Å². The van der Waals surface area contributed by atoms with Crippen LogP contribution in [0.3, 0.4) is 0 Å². The van der Waals surface area contributed by atoms with Gasteiger partial charge in [-0.2, -0.15) is 0 Å². The Hall–Kier alpha value is -6.70. The van der Waals surface area contributed by atoms with E-state index in [-0.39, 0.29) is 5.92 Å². The predicted molar refractivity (Wildman–Crippen MR) is 224 cm³/mol. The first-order valence-corrected chi connectivity index (χ1v) is 19.5. The molecule has 8 aromatic rings. The Morgan fingerprint density at radius 1 is 0.491 bits per heavy atom. The monoisotopic (exact) mass is 700 g/mol. The third kappa shape index (κ3) is 3.92. The van der Waals surface area contributed by atoms with Crippen molar-refractivity contribution in [3.8, 4) is 39.1 Å². The summed E-state index contributed by atoms with van der Waals surface area (Å²) < 4.78 is 7.00. The van der Waals surface area contributed by atoms with Crippen LogP contribution in [0, 0.1) is 5.92 Å². The zero-order valence-corrected chi connectivity index (χ0v) is 30.2. The molecule has 0 aromatic heterocycles. The molecule has 1 nitrogen and oxygen atoms in total. The summed E-state index contributed by atoms with van der Waals surface area (Å²) in [5.41, 5.74) is 15.9. The van der Waals surface area contributed by atoms with E-state index in [9.17, 15) is 0 Å². The SMILES string of the molecule is C1=CCC2C(=C1)Oc1cccc(-c3ccc4c(c3)C(c3ccccc3)(c3ccccc3)c3ccc5ccccc5c3-4)c1C21c2ccccc2-c2ccccc21. The number of fused-ring (bicyclic) bond motifs is 14. The second kappa shape index (κ2) is 11.4. The Kier molecular flexibility index (Phi) is 6.37. The van der Waals surface area contributed by atoms with E-state index in [1.807, 2.05) is 0 Å². The number of ether oxygens (including phenoxy) is 1. The standard InChI is InChI=1S/C54H36O/c1-3-17-37(18-4-1)53(38-19-5-2-6-20-38)47-33-31-35-16-7-8-21-39(35)51(47)43-32-30-36(34-48(43)53)40-24-15-29-50-52(40)54(46-27-13-14-28-49(46)55-50)44-25-11-9-22-41(44)42-23-10-12-26-45(42)54/h1-26,28-34,46H,27H2. The molecule has 1 heteroatoms. The normalized spacial score (nSPS) is 17.3. The van der Waals surface area contributed by atoms with Gasteiger partial charge < -0.3 is 4.74 Å². The minimum Gasteiger partial charge on any atom is -0.461 e. The van der Waals surface area contributed by atoms with Crippen LogP contribution >= 0.6 is 0 Å². The van der Waals surface area contributed by atoms with Gasteiger partial charge in [0.1, 0.15) is 11.5 Å². The lowest BCUT2D eigenvalue weighted by Crippen LogP contribution is -2.42. The van der Waals surface area contributed by atoms with Crippen molar-refractivity contribution in [3.05, 3.63) is 245 Å². The number of rotatable bonds is 3. The van der Waals surface area contributed by atoms with Gasteiger partial charge in [-0.25, -0.2) is 0 Å². The van der Waals surface area contributed by atoms with Gasteiger partial charge in [0, 0.05) is 11.5 Å². The molecule has 55 heavy (non-hydrogen) atoms. The average Bonchev–Trinajstić information content (AvgIpc) is 3.72. The fourth-order valence-electron chi connectivity index (χ4n) is 11.0. The molecule has 1 spiro atoms. The highest BCUT2D eigenvalue weighted by Crippen LogP contribution is 2.65. The minimum atomic E-state index is -0.521. The average molecular weight is 701 g/mol. The zero-order valence-electron chi connectivity index (χ0n) is 30.2. The van der Waals surface area contributed by atoms with E-state index in [1.165, 1.54) is 83.1 Å². The summed E-state index contributed by atoms with van der Waals surface area (Å²) in [4.78, 5) is 0. The van der Waals surface area contributed by atoms with E-state index in [0.717, 1.165) is 17.9 Å². The molecular formula is C54H36O. The fraction of sp³-hybridized carbons (Fsp3) is 0.0741. The largest absolute Gasteiger partial charge is 0.461 e. The molecule has 8 aromatic carbocycles. The van der Waals surface area contributed by atoms with Gasteiger partial charge in [0.25, 0.3) is 0 Å². The molecule has 0 saturated carbocycles. The Balaban J connectivity index is 1.20. The summed E-state index contributed by atoms with van der Waals surface area (Å²) in [7, 11) is 0. The van der Waals surface area contributed by atoms with E-state index in [0.29, 0.717) is 0 Å². The molecule has 1 aliphatic heterocycles. The quantitative estimate of drug-likeness (QED) is 0.178. The molecule has 1 heterocycles. The van der Waals surface area contributed by atoms with Crippen LogP contribution in [0.1, 0.15) is 45.4 Å². The van der Waals surface area contributed by atoms with Crippen molar-refractivity contribution < 1.29 is 4.74 Å². The lowest BCUT2D eigenvalue weighted by molar-refractivity contribution is 0.254. The molecule has 1 unspecified atom stereocenters. The number of hydrogen-bond acceptors (Lipinski definition) is 1. The van der Waals surface area contributed by atoms with Gasteiger partial charge in [-0.05, 0) is 102 Å². The molecule has 258 valence electrons. The molecule has 1 atom stereocenters. The predicted octanol–water partition coefficient (Wildman–Crippen LogP) is 13.0. The maximum atomic E-state index is 7.00. The maximum absolute atomic E-state index is 7.00. The van der Waals surface area contributed by atoms with Crippen LogP contribution in [0.15, 0.2) is 206 Å². The highest BCUT2D eigenvalue weighted by molar-refractivity contribution is 6.04. The Labute approximate surface area is 321 Å². The Morgan fingerprint density at radius 3 is 1.89 bits per heavy atom. The first-order valence-electron chi connectivity index (χ1n) is 19.5. The van der Waals surface area contributed by atoms with Gasteiger partial charge in [-0.3, -0.25) is 0 Å². The summed E-state index contributed by atoms with van der Waals surface area (Å²) in [6.45, 7) is 0. The first kappa shape index (κ1) is 30.7. The Morgan fingerprint density at radius 2 is 1.15 bits per heavy atom. The van der Waals surface area contributed by atoms with Crippen molar-refractivity contribution in [2.75, 3.05) is 0 Å². The van der Waals surface area contributed by atoms with Gasteiger partial charge in [-0.1, -0.05) is 182 Å². The van der Waals surface area contributed by atoms with E-state index >= 15 is 0 Å². The third-order valence-corrected chi connectivity index (χ3v) is 13.0. The lowest BCUT2D eigenvalue weighted by Gasteiger charge is -2.47. The van der Waals surface area contributed by atoms with E-state index in [1.54, 1.807) is 0 Å². The number of hydrogen-bond donors (Lipinski definition) is 0. The molecule has 0 bridgehead atoms. The molecule has 4 aliphatic rings. The Bertz CT molecular complexity index is 2840. The molecule has 0 radical (unpaired) electrons. The van der Waals surface area contributed by atoms with Crippen LogP contribution in [0.2, 0.25) is 0 Å². The summed E-state index contributed by atoms with van der Waals surface area (Å²) in [5, 5.41) is 2.55. The highest BCUT2D eigenvalue weighted by Gasteiger charge is 2.56. The fourth-order valence-corrected chi connectivity index (χ4v) is 11.0. The molecule has 0 fully saturated rings. The van der Waals surface area contributed by atoms with Crippen LogP contribution in [-0.4, -0.2) is 0 Å². The third-order valence-electron chi connectivity index (χ3n) is 13.0. The summed E-state index contributed by atoms with van der Waals surface area (Å²) in [5.74, 6) is 2.10. The van der Waals surface area contributed by atoms with Crippen LogP contribution in [0.5, 0.6) is 5.75 Å². The summed E-state index contributed by atoms with van der Waals surface area (Å²) in [6.07, 6.45) is 7.58. The van der Waals surface area contributed by atoms with Crippen molar-refractivity contribution in [3.63, 3.8) is 0 Å². The molecule has 0 saturated heterocycles. The van der Waals surface area contributed by atoms with Crippen LogP contribution in [0.25, 0.3) is 44.2 Å². The molecule has 3 aliphatic carbocycles.